The van der Waals surface area contributed by atoms with E-state index in [9.17, 15) is 0 Å². The molecule has 1 fully saturated rings. The Labute approximate surface area is 114 Å². The summed E-state index contributed by atoms with van der Waals surface area (Å²) in [7, 11) is 0. The number of aryl methyl sites for hydroxylation is 1. The quantitative estimate of drug-likeness (QED) is 0.861. The molecule has 1 saturated heterocycles. The Morgan fingerprint density at radius 2 is 2.33 bits per heavy atom. The molecular formula is C14H24N2OS. The van der Waals surface area contributed by atoms with Gasteiger partial charge in [0.15, 0.2) is 0 Å². The molecule has 0 radical (unpaired) electrons. The highest BCUT2D eigenvalue weighted by atomic mass is 32.1. The maximum Gasteiger partial charge on any atom is 0.0957 e. The summed E-state index contributed by atoms with van der Waals surface area (Å²) in [5.74, 6) is 0. The first-order valence-corrected chi connectivity index (χ1v) is 7.83. The van der Waals surface area contributed by atoms with Gasteiger partial charge < -0.3 is 10.1 Å². The van der Waals surface area contributed by atoms with Crippen molar-refractivity contribution in [3.63, 3.8) is 0 Å². The predicted molar refractivity (Wildman–Crippen MR) is 76.1 cm³/mol. The van der Waals surface area contributed by atoms with Crippen molar-refractivity contribution in [2.45, 2.75) is 65.1 Å². The molecule has 1 aromatic heterocycles. The Morgan fingerprint density at radius 3 is 2.94 bits per heavy atom. The summed E-state index contributed by atoms with van der Waals surface area (Å²) in [6.45, 7) is 8.42. The van der Waals surface area contributed by atoms with Gasteiger partial charge >= 0.3 is 0 Å². The minimum absolute atomic E-state index is 0.409. The minimum Gasteiger partial charge on any atom is -0.378 e. The Morgan fingerprint density at radius 1 is 1.50 bits per heavy atom. The van der Waals surface area contributed by atoms with E-state index in [-0.39, 0.29) is 0 Å². The van der Waals surface area contributed by atoms with Crippen LogP contribution in [0.15, 0.2) is 0 Å². The van der Waals surface area contributed by atoms with E-state index in [1.165, 1.54) is 28.4 Å². The minimum atomic E-state index is 0.409. The van der Waals surface area contributed by atoms with Crippen molar-refractivity contribution in [3.05, 3.63) is 15.6 Å². The molecule has 0 spiro atoms. The third-order valence-electron chi connectivity index (χ3n) is 3.25. The van der Waals surface area contributed by atoms with Crippen molar-refractivity contribution >= 4 is 11.3 Å². The number of thiazole rings is 1. The number of nitrogens with one attached hydrogen (secondary N) is 1. The van der Waals surface area contributed by atoms with E-state index in [1.54, 1.807) is 0 Å². The summed E-state index contributed by atoms with van der Waals surface area (Å²) < 4.78 is 5.69. The van der Waals surface area contributed by atoms with Crippen LogP contribution in [0.25, 0.3) is 0 Å². The number of rotatable bonds is 6. The zero-order valence-corrected chi connectivity index (χ0v) is 12.5. The van der Waals surface area contributed by atoms with Gasteiger partial charge in [-0.25, -0.2) is 4.98 Å². The zero-order chi connectivity index (χ0) is 13.0. The molecule has 0 amide bonds. The van der Waals surface area contributed by atoms with Crippen molar-refractivity contribution in [2.24, 2.45) is 0 Å². The van der Waals surface area contributed by atoms with Gasteiger partial charge in [-0.1, -0.05) is 20.8 Å². The molecule has 3 nitrogen and oxygen atoms in total. The second-order valence-corrected chi connectivity index (χ2v) is 6.37. The van der Waals surface area contributed by atoms with Crippen LogP contribution in [0.5, 0.6) is 0 Å². The van der Waals surface area contributed by atoms with Crippen molar-refractivity contribution < 1.29 is 4.74 Å². The van der Waals surface area contributed by atoms with Gasteiger partial charge in [-0.15, -0.1) is 11.3 Å². The lowest BCUT2D eigenvalue weighted by Crippen LogP contribution is -2.21. The summed E-state index contributed by atoms with van der Waals surface area (Å²) >= 11 is 1.86. The molecule has 1 N–H and O–H groups in total. The number of hydrogen-bond donors (Lipinski definition) is 1. The van der Waals surface area contributed by atoms with E-state index in [1.807, 2.05) is 11.3 Å². The Bertz CT molecular complexity index is 370. The summed E-state index contributed by atoms with van der Waals surface area (Å²) in [6, 6.07) is 0.526. The van der Waals surface area contributed by atoms with Gasteiger partial charge in [0.05, 0.1) is 16.8 Å². The number of ether oxygens (including phenoxy) is 1. The molecule has 4 heteroatoms. The first-order valence-electron chi connectivity index (χ1n) is 7.01. The Kier molecular flexibility index (Phi) is 5.15. The maximum atomic E-state index is 5.69. The van der Waals surface area contributed by atoms with Crippen LogP contribution in [0.2, 0.25) is 0 Å². The van der Waals surface area contributed by atoms with Crippen LogP contribution in [0.3, 0.4) is 0 Å². The van der Waals surface area contributed by atoms with Gasteiger partial charge in [-0.3, -0.25) is 0 Å². The lowest BCUT2D eigenvalue weighted by molar-refractivity contribution is 0.111. The topological polar surface area (TPSA) is 34.1 Å². The fraction of sp³-hybridized carbons (Fsp3) is 0.786. The molecule has 1 aromatic rings. The van der Waals surface area contributed by atoms with Crippen LogP contribution in [0, 0.1) is 0 Å². The van der Waals surface area contributed by atoms with Gasteiger partial charge in [0.25, 0.3) is 0 Å². The molecule has 2 heterocycles. The van der Waals surface area contributed by atoms with Crippen molar-refractivity contribution in [1.82, 2.24) is 10.3 Å². The maximum absolute atomic E-state index is 5.69. The van der Waals surface area contributed by atoms with E-state index in [0.717, 1.165) is 26.0 Å². The number of hydrogen-bond acceptors (Lipinski definition) is 4. The molecule has 1 unspecified atom stereocenters. The Hall–Kier alpha value is -0.450. The smallest absolute Gasteiger partial charge is 0.0957 e. The van der Waals surface area contributed by atoms with E-state index in [2.05, 4.69) is 26.1 Å². The predicted octanol–water partition coefficient (Wildman–Crippen LogP) is 2.93. The monoisotopic (exact) mass is 268 g/mol. The standard InChI is InChI=1S/C14H24N2OS/c1-4-12-13(9-15-10(2)3)18-14(16-12)8-11-6-5-7-17-11/h10-11,15H,4-9H2,1-3H3. The van der Waals surface area contributed by atoms with Crippen LogP contribution in [-0.4, -0.2) is 23.7 Å². The van der Waals surface area contributed by atoms with Crippen molar-refractivity contribution in [3.8, 4) is 0 Å². The van der Waals surface area contributed by atoms with Crippen LogP contribution in [-0.2, 0) is 24.1 Å². The summed E-state index contributed by atoms with van der Waals surface area (Å²) in [6.07, 6.45) is 4.84. The summed E-state index contributed by atoms with van der Waals surface area (Å²) in [5.41, 5.74) is 1.26. The normalized spacial score (nSPS) is 19.9. The van der Waals surface area contributed by atoms with Crippen molar-refractivity contribution in [1.29, 1.82) is 0 Å². The lowest BCUT2D eigenvalue weighted by atomic mass is 10.2. The average molecular weight is 268 g/mol. The van der Waals surface area contributed by atoms with Gasteiger partial charge in [0.2, 0.25) is 0 Å². The second-order valence-electron chi connectivity index (χ2n) is 5.21. The Balaban J connectivity index is 1.98. The van der Waals surface area contributed by atoms with Gasteiger partial charge in [0.1, 0.15) is 0 Å². The van der Waals surface area contributed by atoms with E-state index in [4.69, 9.17) is 9.72 Å². The third-order valence-corrected chi connectivity index (χ3v) is 4.37. The van der Waals surface area contributed by atoms with Gasteiger partial charge in [0, 0.05) is 30.5 Å². The highest BCUT2D eigenvalue weighted by Gasteiger charge is 2.19. The fourth-order valence-electron chi connectivity index (χ4n) is 2.24. The molecule has 1 aliphatic heterocycles. The first-order chi connectivity index (χ1) is 8.69. The zero-order valence-electron chi connectivity index (χ0n) is 11.7. The molecule has 1 atom stereocenters. The number of aromatic nitrogens is 1. The van der Waals surface area contributed by atoms with Crippen LogP contribution < -0.4 is 5.32 Å². The SMILES string of the molecule is CCc1nc(CC2CCCO2)sc1CNC(C)C. The van der Waals surface area contributed by atoms with E-state index < -0.39 is 0 Å². The molecule has 0 saturated carbocycles. The molecule has 0 aliphatic carbocycles. The van der Waals surface area contributed by atoms with Crippen LogP contribution >= 0.6 is 11.3 Å². The summed E-state index contributed by atoms with van der Waals surface area (Å²) in [5, 5.41) is 4.73. The highest BCUT2D eigenvalue weighted by molar-refractivity contribution is 7.11. The van der Waals surface area contributed by atoms with Crippen LogP contribution in [0.4, 0.5) is 0 Å². The van der Waals surface area contributed by atoms with E-state index in [0.29, 0.717) is 12.1 Å². The molecule has 0 bridgehead atoms. The number of nitrogens with zero attached hydrogens (tertiary/aromatic N) is 1. The molecule has 2 rings (SSSR count). The first kappa shape index (κ1) is 14.0. The van der Waals surface area contributed by atoms with Gasteiger partial charge in [-0.05, 0) is 19.3 Å². The van der Waals surface area contributed by atoms with E-state index >= 15 is 0 Å². The lowest BCUT2D eigenvalue weighted by Gasteiger charge is -2.06. The second kappa shape index (κ2) is 6.64. The molecule has 1 aliphatic rings. The highest BCUT2D eigenvalue weighted by Crippen LogP contribution is 2.24. The summed E-state index contributed by atoms with van der Waals surface area (Å²) in [4.78, 5) is 6.17. The third kappa shape index (κ3) is 3.77. The largest absolute Gasteiger partial charge is 0.378 e. The van der Waals surface area contributed by atoms with Gasteiger partial charge in [-0.2, -0.15) is 0 Å². The molecule has 18 heavy (non-hydrogen) atoms. The average Bonchev–Trinajstić information content (AvgIpc) is 2.96. The van der Waals surface area contributed by atoms with Crippen LogP contribution in [0.1, 0.15) is 49.2 Å². The molecular weight excluding hydrogens is 244 g/mol. The van der Waals surface area contributed by atoms with Crippen molar-refractivity contribution in [2.75, 3.05) is 6.61 Å². The fourth-order valence-corrected chi connectivity index (χ4v) is 3.41. The molecule has 0 aromatic carbocycles. The molecule has 102 valence electrons.